The number of alkyl halides is 3. The highest BCUT2D eigenvalue weighted by Crippen LogP contribution is 2.29. The van der Waals surface area contributed by atoms with Crippen molar-refractivity contribution >= 4 is 18.2 Å². The fourth-order valence-corrected chi connectivity index (χ4v) is 2.70. The summed E-state index contributed by atoms with van der Waals surface area (Å²) in [7, 11) is 0. The molecular weight excluding hydrogens is 419 g/mol. The predicted molar refractivity (Wildman–Crippen MR) is 107 cm³/mol. The lowest BCUT2D eigenvalue weighted by atomic mass is 10.00. The third kappa shape index (κ3) is 6.27. The fraction of sp³-hybridized carbons (Fsp3) is 0.190. The van der Waals surface area contributed by atoms with Crippen molar-refractivity contribution in [1.29, 1.82) is 0 Å². The van der Waals surface area contributed by atoms with Gasteiger partial charge < -0.3 is 10.5 Å². The number of carbonyl (C=O) groups excluding carboxylic acids is 1. The van der Waals surface area contributed by atoms with Gasteiger partial charge in [-0.05, 0) is 23.3 Å². The zero-order valence-corrected chi connectivity index (χ0v) is 16.5. The van der Waals surface area contributed by atoms with Crippen molar-refractivity contribution in [3.63, 3.8) is 0 Å². The van der Waals surface area contributed by atoms with Gasteiger partial charge >= 0.3 is 6.18 Å². The molecule has 1 heterocycles. The minimum absolute atomic E-state index is 0. The summed E-state index contributed by atoms with van der Waals surface area (Å²) in [5.41, 5.74) is 6.83. The molecule has 1 aromatic heterocycles. The lowest BCUT2D eigenvalue weighted by Crippen LogP contribution is -2.08. The van der Waals surface area contributed by atoms with Crippen LogP contribution in [0.15, 0.2) is 60.9 Å². The Kier molecular flexibility index (Phi) is 7.91. The van der Waals surface area contributed by atoms with E-state index < -0.39 is 11.7 Å². The van der Waals surface area contributed by atoms with Crippen LogP contribution < -0.4 is 10.5 Å². The van der Waals surface area contributed by atoms with Crippen LogP contribution in [0.5, 0.6) is 5.88 Å². The van der Waals surface area contributed by atoms with Crippen LogP contribution in [0.1, 0.15) is 32.7 Å². The van der Waals surface area contributed by atoms with E-state index in [0.717, 1.165) is 17.7 Å². The van der Waals surface area contributed by atoms with Gasteiger partial charge in [-0.25, -0.2) is 9.97 Å². The van der Waals surface area contributed by atoms with E-state index in [1.807, 2.05) is 0 Å². The lowest BCUT2D eigenvalue weighted by molar-refractivity contribution is -0.137. The number of hydrogen-bond acceptors (Lipinski definition) is 5. The minimum Gasteiger partial charge on any atom is -0.473 e. The monoisotopic (exact) mass is 437 g/mol. The molecule has 30 heavy (non-hydrogen) atoms. The third-order valence-electron chi connectivity index (χ3n) is 4.16. The van der Waals surface area contributed by atoms with E-state index in [9.17, 15) is 18.0 Å². The van der Waals surface area contributed by atoms with E-state index in [-0.39, 0.29) is 37.8 Å². The molecule has 0 aliphatic rings. The largest absolute Gasteiger partial charge is 0.473 e. The Bertz CT molecular complexity index is 1010. The zero-order chi connectivity index (χ0) is 20.9. The standard InChI is InChI=1S/C21H18F3N3O2.ClH/c22-21(23,24)17-6-2-3-14(8-17)9-19(28)16-5-1-4-15(7-16)12-29-20-10-18(11-25)26-13-27-20;/h1-8,10,13H,9,11-12,25H2;1H. The van der Waals surface area contributed by atoms with E-state index >= 15 is 0 Å². The summed E-state index contributed by atoms with van der Waals surface area (Å²) >= 11 is 0. The van der Waals surface area contributed by atoms with Gasteiger partial charge in [0.1, 0.15) is 12.9 Å². The van der Waals surface area contributed by atoms with Crippen molar-refractivity contribution in [2.75, 3.05) is 0 Å². The van der Waals surface area contributed by atoms with Crippen molar-refractivity contribution < 1.29 is 22.7 Å². The van der Waals surface area contributed by atoms with E-state index in [4.69, 9.17) is 10.5 Å². The van der Waals surface area contributed by atoms with Crippen molar-refractivity contribution in [2.24, 2.45) is 5.73 Å². The Morgan fingerprint density at radius 3 is 2.47 bits per heavy atom. The molecule has 0 amide bonds. The van der Waals surface area contributed by atoms with Crippen LogP contribution in [0.2, 0.25) is 0 Å². The number of nitrogens with zero attached hydrogens (tertiary/aromatic N) is 2. The smallest absolute Gasteiger partial charge is 0.416 e. The molecule has 9 heteroatoms. The molecule has 2 N–H and O–H groups in total. The van der Waals surface area contributed by atoms with Crippen LogP contribution in [-0.2, 0) is 25.7 Å². The molecule has 3 aromatic rings. The highest BCUT2D eigenvalue weighted by molar-refractivity contribution is 5.97. The van der Waals surface area contributed by atoms with Crippen molar-refractivity contribution in [1.82, 2.24) is 9.97 Å². The number of ketones is 1. The van der Waals surface area contributed by atoms with Crippen LogP contribution >= 0.6 is 12.4 Å². The molecule has 0 unspecified atom stereocenters. The van der Waals surface area contributed by atoms with Gasteiger partial charge in [0.2, 0.25) is 5.88 Å². The second-order valence-electron chi connectivity index (χ2n) is 6.34. The van der Waals surface area contributed by atoms with Crippen molar-refractivity contribution in [3.8, 4) is 5.88 Å². The van der Waals surface area contributed by atoms with E-state index in [0.29, 0.717) is 22.7 Å². The number of hydrogen-bond donors (Lipinski definition) is 1. The molecule has 0 aliphatic heterocycles. The van der Waals surface area contributed by atoms with Gasteiger partial charge in [-0.2, -0.15) is 13.2 Å². The molecule has 0 fully saturated rings. The van der Waals surface area contributed by atoms with Crippen molar-refractivity contribution in [3.05, 3.63) is 88.9 Å². The summed E-state index contributed by atoms with van der Waals surface area (Å²) in [6, 6.07) is 13.2. The van der Waals surface area contributed by atoms with Crippen LogP contribution in [-0.4, -0.2) is 15.8 Å². The number of halogens is 4. The van der Waals surface area contributed by atoms with Gasteiger partial charge in [0, 0.05) is 24.6 Å². The highest BCUT2D eigenvalue weighted by atomic mass is 35.5. The number of benzene rings is 2. The Morgan fingerprint density at radius 1 is 1.00 bits per heavy atom. The molecule has 3 rings (SSSR count). The van der Waals surface area contributed by atoms with Gasteiger partial charge in [0.05, 0.1) is 11.3 Å². The predicted octanol–water partition coefficient (Wildman–Crippen LogP) is 4.38. The molecule has 0 saturated carbocycles. The summed E-state index contributed by atoms with van der Waals surface area (Å²) in [6.07, 6.45) is -3.21. The average molecular weight is 438 g/mol. The van der Waals surface area contributed by atoms with Gasteiger partial charge in [-0.1, -0.05) is 36.4 Å². The summed E-state index contributed by atoms with van der Waals surface area (Å²) in [6.45, 7) is 0.435. The van der Waals surface area contributed by atoms with Crippen LogP contribution in [0, 0.1) is 0 Å². The zero-order valence-electron chi connectivity index (χ0n) is 15.7. The molecule has 2 aromatic carbocycles. The number of ether oxygens (including phenoxy) is 1. The van der Waals surface area contributed by atoms with E-state index in [2.05, 4.69) is 9.97 Å². The summed E-state index contributed by atoms with van der Waals surface area (Å²) in [5, 5.41) is 0. The molecule has 0 saturated heterocycles. The Hall–Kier alpha value is -2.97. The van der Waals surface area contributed by atoms with Gasteiger partial charge in [-0.15, -0.1) is 12.4 Å². The number of nitrogens with two attached hydrogens (primary N) is 1. The van der Waals surface area contributed by atoms with Crippen LogP contribution in [0.3, 0.4) is 0 Å². The SMILES string of the molecule is Cl.NCc1cc(OCc2cccc(C(=O)Cc3cccc(C(F)(F)F)c3)c2)ncn1. The average Bonchev–Trinajstić information content (AvgIpc) is 2.72. The van der Waals surface area contributed by atoms with Crippen LogP contribution in [0.4, 0.5) is 13.2 Å². The summed E-state index contributed by atoms with van der Waals surface area (Å²) in [5.74, 6) is 0.0831. The lowest BCUT2D eigenvalue weighted by Gasteiger charge is -2.09. The number of aromatic nitrogens is 2. The van der Waals surface area contributed by atoms with Crippen LogP contribution in [0.25, 0.3) is 0 Å². The third-order valence-corrected chi connectivity index (χ3v) is 4.16. The topological polar surface area (TPSA) is 78.1 Å². The Balaban J connectivity index is 0.00000320. The van der Waals surface area contributed by atoms with Crippen molar-refractivity contribution in [2.45, 2.75) is 25.7 Å². The Labute approximate surface area is 177 Å². The molecular formula is C21H19ClF3N3O2. The maximum Gasteiger partial charge on any atom is 0.416 e. The molecule has 5 nitrogen and oxygen atoms in total. The minimum atomic E-state index is -4.44. The molecule has 0 bridgehead atoms. The normalized spacial score (nSPS) is 10.9. The quantitative estimate of drug-likeness (QED) is 0.555. The first-order chi connectivity index (χ1) is 13.8. The number of Topliss-reactive ketones (excluding diaryl/α,β-unsaturated/α-hetero) is 1. The first-order valence-corrected chi connectivity index (χ1v) is 8.77. The van der Waals surface area contributed by atoms with Gasteiger partial charge in [0.15, 0.2) is 5.78 Å². The molecule has 0 aliphatic carbocycles. The summed E-state index contributed by atoms with van der Waals surface area (Å²) < 4.78 is 44.1. The van der Waals surface area contributed by atoms with Gasteiger partial charge in [0.25, 0.3) is 0 Å². The second-order valence-corrected chi connectivity index (χ2v) is 6.34. The molecule has 158 valence electrons. The number of rotatable bonds is 7. The van der Waals surface area contributed by atoms with E-state index in [1.54, 1.807) is 30.3 Å². The Morgan fingerprint density at radius 2 is 1.73 bits per heavy atom. The maximum absolute atomic E-state index is 12.8. The van der Waals surface area contributed by atoms with E-state index in [1.165, 1.54) is 18.5 Å². The molecule has 0 atom stereocenters. The highest BCUT2D eigenvalue weighted by Gasteiger charge is 2.30. The summed E-state index contributed by atoms with van der Waals surface area (Å²) in [4.78, 5) is 20.5. The first-order valence-electron chi connectivity index (χ1n) is 8.77. The van der Waals surface area contributed by atoms with Gasteiger partial charge in [-0.3, -0.25) is 4.79 Å². The maximum atomic E-state index is 12.8. The first kappa shape index (κ1) is 23.3. The second kappa shape index (κ2) is 10.2. The fourth-order valence-electron chi connectivity index (χ4n) is 2.70. The molecule has 0 spiro atoms. The number of carbonyl (C=O) groups is 1. The molecule has 0 radical (unpaired) electrons.